The molecule has 0 aromatic carbocycles. The summed E-state index contributed by atoms with van der Waals surface area (Å²) in [6.07, 6.45) is 3.31. The van der Waals surface area contributed by atoms with E-state index >= 15 is 0 Å². The van der Waals surface area contributed by atoms with Crippen molar-refractivity contribution < 1.29 is 0 Å². The Labute approximate surface area is 112 Å². The van der Waals surface area contributed by atoms with Crippen LogP contribution in [0, 0.1) is 3.83 Å². The molecule has 16 heavy (non-hydrogen) atoms. The number of nitrogens with two attached hydrogens (primary N) is 1. The van der Waals surface area contributed by atoms with Gasteiger partial charge in [0.2, 0.25) is 3.83 Å². The van der Waals surface area contributed by atoms with Crippen LogP contribution in [0.25, 0.3) is 5.95 Å². The van der Waals surface area contributed by atoms with Crippen LogP contribution in [0.2, 0.25) is 0 Å². The van der Waals surface area contributed by atoms with Gasteiger partial charge in [0.25, 0.3) is 5.95 Å². The predicted molar refractivity (Wildman–Crippen MR) is 69.5 cm³/mol. The fourth-order valence-corrected chi connectivity index (χ4v) is 1.60. The second-order valence-corrected chi connectivity index (χ2v) is 3.95. The zero-order chi connectivity index (χ0) is 10.8. The van der Waals surface area contributed by atoms with Gasteiger partial charge in [-0.25, -0.2) is 15.0 Å². The minimum atomic E-state index is -0.204. The molecule has 1 unspecified atom stereocenters. The van der Waals surface area contributed by atoms with Crippen LogP contribution in [0.15, 0.2) is 18.5 Å². The molecule has 0 saturated carbocycles. The topological polar surface area (TPSA) is 82.5 Å². The van der Waals surface area contributed by atoms with Crippen molar-refractivity contribution >= 4 is 35.0 Å². The number of hydrogen-bond donors (Lipinski definition) is 1. The van der Waals surface area contributed by atoms with Crippen LogP contribution in [0.1, 0.15) is 18.8 Å². The molecule has 0 aliphatic carbocycles. The van der Waals surface area contributed by atoms with Gasteiger partial charge < -0.3 is 5.73 Å². The Kier molecular flexibility index (Phi) is 4.56. The van der Waals surface area contributed by atoms with Crippen molar-refractivity contribution in [3.05, 3.63) is 28.1 Å². The molecule has 1 atom stereocenters. The zero-order valence-electron chi connectivity index (χ0n) is 8.41. The van der Waals surface area contributed by atoms with Gasteiger partial charge in [0.05, 0.1) is 6.04 Å². The van der Waals surface area contributed by atoms with Crippen LogP contribution < -0.4 is 5.73 Å². The van der Waals surface area contributed by atoms with E-state index in [1.54, 1.807) is 23.1 Å². The highest BCUT2D eigenvalue weighted by atomic mass is 127. The van der Waals surface area contributed by atoms with Crippen LogP contribution in [-0.4, -0.2) is 24.7 Å². The Morgan fingerprint density at radius 3 is 2.56 bits per heavy atom. The van der Waals surface area contributed by atoms with Crippen molar-refractivity contribution in [3.63, 3.8) is 0 Å². The second kappa shape index (κ2) is 5.51. The van der Waals surface area contributed by atoms with Gasteiger partial charge in [-0.15, -0.1) is 17.5 Å². The van der Waals surface area contributed by atoms with Gasteiger partial charge in [-0.3, -0.25) is 0 Å². The molecule has 2 heterocycles. The highest BCUT2D eigenvalue weighted by Gasteiger charge is 2.14. The molecule has 2 N–H and O–H groups in total. The molecule has 0 fully saturated rings. The molecule has 0 aliphatic heterocycles. The zero-order valence-corrected chi connectivity index (χ0v) is 11.4. The second-order valence-electron chi connectivity index (χ2n) is 2.99. The van der Waals surface area contributed by atoms with Gasteiger partial charge in [-0.2, -0.15) is 4.68 Å². The van der Waals surface area contributed by atoms with Crippen LogP contribution in [0.4, 0.5) is 0 Å². The van der Waals surface area contributed by atoms with E-state index in [4.69, 9.17) is 5.73 Å². The predicted octanol–water partition coefficient (Wildman–Crippen LogP) is 1.10. The Hall–Kier alpha value is -0.800. The summed E-state index contributed by atoms with van der Waals surface area (Å²) in [7, 11) is 0. The monoisotopic (exact) mass is 352 g/mol. The molecule has 0 aliphatic rings. The third-order valence-corrected chi connectivity index (χ3v) is 2.21. The van der Waals surface area contributed by atoms with Crippen molar-refractivity contribution in [1.82, 2.24) is 24.7 Å². The van der Waals surface area contributed by atoms with E-state index in [9.17, 15) is 0 Å². The summed E-state index contributed by atoms with van der Waals surface area (Å²) in [5, 5.41) is 4.19. The molecule has 0 spiro atoms. The first-order valence-electron chi connectivity index (χ1n) is 4.34. The summed E-state index contributed by atoms with van der Waals surface area (Å²) in [4.78, 5) is 12.4. The third-order valence-electron chi connectivity index (χ3n) is 1.76. The molecule has 0 bridgehead atoms. The maximum atomic E-state index is 5.78. The maximum absolute atomic E-state index is 5.78. The molecule has 0 radical (unpaired) electrons. The van der Waals surface area contributed by atoms with E-state index in [0.29, 0.717) is 15.6 Å². The van der Waals surface area contributed by atoms with Gasteiger partial charge in [-0.05, 0) is 13.0 Å². The van der Waals surface area contributed by atoms with Crippen LogP contribution >= 0.6 is 35.0 Å². The highest BCUT2D eigenvalue weighted by Crippen LogP contribution is 2.11. The van der Waals surface area contributed by atoms with Crippen molar-refractivity contribution in [2.24, 2.45) is 5.73 Å². The van der Waals surface area contributed by atoms with Gasteiger partial charge >= 0.3 is 0 Å². The molecule has 0 amide bonds. The van der Waals surface area contributed by atoms with E-state index in [0.717, 1.165) is 0 Å². The highest BCUT2D eigenvalue weighted by molar-refractivity contribution is 14.1. The Morgan fingerprint density at radius 1 is 1.38 bits per heavy atom. The van der Waals surface area contributed by atoms with Crippen LogP contribution in [-0.2, 0) is 0 Å². The first kappa shape index (κ1) is 13.3. The van der Waals surface area contributed by atoms with Crippen molar-refractivity contribution in [2.45, 2.75) is 13.0 Å². The van der Waals surface area contributed by atoms with E-state index < -0.39 is 0 Å². The molecule has 2 rings (SSSR count). The molecule has 2 aromatic rings. The van der Waals surface area contributed by atoms with Crippen molar-refractivity contribution in [3.8, 4) is 5.95 Å². The molecular formula is C8H10ClIN6. The van der Waals surface area contributed by atoms with Gasteiger partial charge in [-0.1, -0.05) is 0 Å². The maximum Gasteiger partial charge on any atom is 0.252 e. The Balaban J connectivity index is 0.00000128. The first-order chi connectivity index (χ1) is 7.18. The lowest BCUT2D eigenvalue weighted by atomic mass is 10.3. The van der Waals surface area contributed by atoms with E-state index in [1.165, 1.54) is 0 Å². The summed E-state index contributed by atoms with van der Waals surface area (Å²) >= 11 is 2.03. The number of halogens is 2. The lowest BCUT2D eigenvalue weighted by molar-refractivity contribution is 0.668. The van der Waals surface area contributed by atoms with Crippen LogP contribution in [0.5, 0.6) is 0 Å². The summed E-state index contributed by atoms with van der Waals surface area (Å²) in [6.45, 7) is 1.85. The average molecular weight is 353 g/mol. The molecule has 86 valence electrons. The number of rotatable bonds is 2. The first-order valence-corrected chi connectivity index (χ1v) is 5.42. The Morgan fingerprint density at radius 2 is 2.00 bits per heavy atom. The number of hydrogen-bond acceptors (Lipinski definition) is 5. The van der Waals surface area contributed by atoms with Gasteiger partial charge in [0.15, 0.2) is 5.82 Å². The quantitative estimate of drug-likeness (QED) is 0.819. The lowest BCUT2D eigenvalue weighted by Crippen LogP contribution is -2.14. The number of nitrogens with zero attached hydrogens (tertiary/aromatic N) is 5. The summed E-state index contributed by atoms with van der Waals surface area (Å²) in [5.41, 5.74) is 5.78. The van der Waals surface area contributed by atoms with E-state index in [1.807, 2.05) is 29.5 Å². The SMILES string of the molecule is CC(N)c1nc(I)nn1-c1ncccn1.Cl. The molecule has 6 nitrogen and oxygen atoms in total. The molecular weight excluding hydrogens is 342 g/mol. The molecule has 8 heteroatoms. The van der Waals surface area contributed by atoms with Crippen LogP contribution in [0.3, 0.4) is 0 Å². The normalized spacial score (nSPS) is 11.9. The molecule has 2 aromatic heterocycles. The van der Waals surface area contributed by atoms with Crippen molar-refractivity contribution in [2.75, 3.05) is 0 Å². The largest absolute Gasteiger partial charge is 0.322 e. The Bertz CT molecular complexity index is 457. The standard InChI is InChI=1S/C8H9IN6.ClH/c1-5(10)6-13-7(9)14-15(6)8-11-3-2-4-12-8;/h2-5H,10H2,1H3;1H. The van der Waals surface area contributed by atoms with E-state index in [2.05, 4.69) is 20.1 Å². The summed E-state index contributed by atoms with van der Waals surface area (Å²) < 4.78 is 2.19. The number of aromatic nitrogens is 5. The average Bonchev–Trinajstić information content (AvgIpc) is 2.62. The van der Waals surface area contributed by atoms with Crippen molar-refractivity contribution in [1.29, 1.82) is 0 Å². The summed E-state index contributed by atoms with van der Waals surface area (Å²) in [5.74, 6) is 1.14. The fourth-order valence-electron chi connectivity index (χ4n) is 1.14. The smallest absolute Gasteiger partial charge is 0.252 e. The molecule has 0 saturated heterocycles. The lowest BCUT2D eigenvalue weighted by Gasteiger charge is -2.05. The minimum Gasteiger partial charge on any atom is -0.322 e. The third kappa shape index (κ3) is 2.66. The summed E-state index contributed by atoms with van der Waals surface area (Å²) in [6, 6.07) is 1.54. The minimum absolute atomic E-state index is 0. The fraction of sp³-hybridized carbons (Fsp3) is 0.250. The van der Waals surface area contributed by atoms with E-state index in [-0.39, 0.29) is 18.4 Å². The van der Waals surface area contributed by atoms with Gasteiger partial charge in [0, 0.05) is 35.0 Å². The van der Waals surface area contributed by atoms with Gasteiger partial charge in [0.1, 0.15) is 0 Å².